The van der Waals surface area contributed by atoms with E-state index in [1.165, 1.54) is 12.8 Å². The molecule has 2 heterocycles. The van der Waals surface area contributed by atoms with E-state index in [2.05, 4.69) is 25.6 Å². The Morgan fingerprint density at radius 1 is 1.25 bits per heavy atom. The summed E-state index contributed by atoms with van der Waals surface area (Å²) in [7, 11) is 0. The summed E-state index contributed by atoms with van der Waals surface area (Å²) in [6, 6.07) is 0. The number of fused-ring (bicyclic) bond motifs is 2. The van der Waals surface area contributed by atoms with Gasteiger partial charge < -0.3 is 5.11 Å². The van der Waals surface area contributed by atoms with Crippen molar-refractivity contribution in [1.29, 1.82) is 0 Å². The minimum atomic E-state index is -0.336. The van der Waals surface area contributed by atoms with Crippen LogP contribution in [0.1, 0.15) is 39.5 Å². The molecule has 0 aliphatic carbocycles. The maximum absolute atomic E-state index is 10.3. The molecule has 2 saturated heterocycles. The van der Waals surface area contributed by atoms with Gasteiger partial charge in [0, 0.05) is 10.5 Å². The molecule has 2 atom stereocenters. The molecule has 1 nitrogen and oxygen atoms in total. The molecule has 0 aromatic heterocycles. The average Bonchev–Trinajstić information content (AvgIpc) is 2.30. The van der Waals surface area contributed by atoms with Gasteiger partial charge in [0.2, 0.25) is 0 Å². The molecule has 2 bridgehead atoms. The molecule has 0 spiro atoms. The van der Waals surface area contributed by atoms with Gasteiger partial charge in [-0.25, -0.2) is 0 Å². The third-order valence-electron chi connectivity index (χ3n) is 3.43. The molecule has 0 radical (unpaired) electrons. The molecule has 2 rings (SSSR count). The van der Waals surface area contributed by atoms with Crippen LogP contribution in [0.15, 0.2) is 0 Å². The van der Waals surface area contributed by atoms with Gasteiger partial charge in [-0.3, -0.25) is 0 Å². The number of thioether (sulfide) groups is 1. The fraction of sp³-hybridized carbons (Fsp3) is 1.00. The Labute approximate surface area is 78.9 Å². The lowest BCUT2D eigenvalue weighted by atomic mass is 9.83. The Bertz CT molecular complexity index is 167. The zero-order chi connectivity index (χ0) is 8.77. The second kappa shape index (κ2) is 2.91. The second-order valence-electron chi connectivity index (χ2n) is 4.62. The third-order valence-corrected chi connectivity index (χ3v) is 5.01. The molecule has 0 aromatic rings. The Hall–Kier alpha value is 0.310. The lowest BCUT2D eigenvalue weighted by Crippen LogP contribution is -2.41. The van der Waals surface area contributed by atoms with E-state index >= 15 is 0 Å². The van der Waals surface area contributed by atoms with E-state index in [4.69, 9.17) is 0 Å². The van der Waals surface area contributed by atoms with Gasteiger partial charge in [-0.15, -0.1) is 0 Å². The second-order valence-corrected chi connectivity index (χ2v) is 6.23. The fourth-order valence-corrected chi connectivity index (χ4v) is 4.28. The highest BCUT2D eigenvalue weighted by Crippen LogP contribution is 2.49. The van der Waals surface area contributed by atoms with Crippen molar-refractivity contribution in [3.63, 3.8) is 0 Å². The van der Waals surface area contributed by atoms with Crippen LogP contribution in [0.5, 0.6) is 0 Å². The number of hydrogen-bond donors (Lipinski definition) is 1. The van der Waals surface area contributed by atoms with Gasteiger partial charge in [0.25, 0.3) is 0 Å². The molecule has 70 valence electrons. The summed E-state index contributed by atoms with van der Waals surface area (Å²) < 4.78 is 0. The van der Waals surface area contributed by atoms with E-state index in [1.54, 1.807) is 0 Å². The lowest BCUT2D eigenvalue weighted by molar-refractivity contribution is -0.0196. The number of aliphatic hydroxyl groups is 1. The summed E-state index contributed by atoms with van der Waals surface area (Å²) in [5, 5.41) is 11.8. The van der Waals surface area contributed by atoms with Gasteiger partial charge in [-0.1, -0.05) is 13.8 Å². The molecule has 1 N–H and O–H groups in total. The largest absolute Gasteiger partial charge is 0.390 e. The number of hydrogen-bond acceptors (Lipinski definition) is 2. The van der Waals surface area contributed by atoms with E-state index in [-0.39, 0.29) is 5.60 Å². The van der Waals surface area contributed by atoms with Crippen molar-refractivity contribution in [2.45, 2.75) is 55.6 Å². The van der Waals surface area contributed by atoms with Crippen molar-refractivity contribution < 1.29 is 5.11 Å². The van der Waals surface area contributed by atoms with Crippen LogP contribution in [0.4, 0.5) is 0 Å². The highest BCUT2D eigenvalue weighted by molar-refractivity contribution is 8.00. The molecule has 2 heteroatoms. The zero-order valence-corrected chi connectivity index (χ0v) is 8.73. The minimum absolute atomic E-state index is 0.336. The topological polar surface area (TPSA) is 20.2 Å². The van der Waals surface area contributed by atoms with Gasteiger partial charge in [-0.2, -0.15) is 11.8 Å². The minimum Gasteiger partial charge on any atom is -0.390 e. The maximum Gasteiger partial charge on any atom is 0.0691 e. The van der Waals surface area contributed by atoms with E-state index in [1.807, 2.05) is 0 Å². The summed E-state index contributed by atoms with van der Waals surface area (Å²) in [6.45, 7) is 4.30. The van der Waals surface area contributed by atoms with Gasteiger partial charge in [0.05, 0.1) is 5.60 Å². The van der Waals surface area contributed by atoms with E-state index in [0.29, 0.717) is 5.92 Å². The van der Waals surface area contributed by atoms with Crippen LogP contribution in [-0.4, -0.2) is 21.2 Å². The van der Waals surface area contributed by atoms with Crippen molar-refractivity contribution in [3.8, 4) is 0 Å². The van der Waals surface area contributed by atoms with Crippen molar-refractivity contribution in [3.05, 3.63) is 0 Å². The first-order valence-corrected chi connectivity index (χ1v) is 5.92. The highest BCUT2D eigenvalue weighted by Gasteiger charge is 2.44. The van der Waals surface area contributed by atoms with Gasteiger partial charge in [-0.05, 0) is 31.6 Å². The first kappa shape index (κ1) is 8.89. The van der Waals surface area contributed by atoms with E-state index < -0.39 is 0 Å². The van der Waals surface area contributed by atoms with E-state index in [9.17, 15) is 5.11 Å². The van der Waals surface area contributed by atoms with E-state index in [0.717, 1.165) is 23.3 Å². The molecule has 2 aliphatic heterocycles. The third kappa shape index (κ3) is 1.39. The Kier molecular flexibility index (Phi) is 2.16. The van der Waals surface area contributed by atoms with Crippen molar-refractivity contribution in [2.24, 2.45) is 5.92 Å². The van der Waals surface area contributed by atoms with Crippen LogP contribution < -0.4 is 0 Å². The molecule has 2 fully saturated rings. The molecule has 2 aliphatic rings. The molecule has 0 unspecified atom stereocenters. The van der Waals surface area contributed by atoms with Crippen LogP contribution in [0, 0.1) is 5.92 Å². The maximum atomic E-state index is 10.3. The summed E-state index contributed by atoms with van der Waals surface area (Å²) in [6.07, 6.45) is 4.74. The standard InChI is InChI=1S/C10H18OS/c1-7(2)10(11)5-8-3-4-9(6-10)12-8/h7-9,11H,3-6H2,1-2H3/t8-,9-/m1/s1. The van der Waals surface area contributed by atoms with Gasteiger partial charge >= 0.3 is 0 Å². The van der Waals surface area contributed by atoms with Crippen LogP contribution in [0.2, 0.25) is 0 Å². The Balaban J connectivity index is 2.10. The molecular weight excluding hydrogens is 168 g/mol. The van der Waals surface area contributed by atoms with Crippen LogP contribution >= 0.6 is 11.8 Å². The average molecular weight is 186 g/mol. The van der Waals surface area contributed by atoms with Gasteiger partial charge in [0.15, 0.2) is 0 Å². The predicted octanol–water partition coefficient (Wildman–Crippen LogP) is 2.43. The Morgan fingerprint density at radius 2 is 1.75 bits per heavy atom. The SMILES string of the molecule is CC(C)C1(O)C[C@H]2CC[C@H](C1)S2. The predicted molar refractivity (Wildman–Crippen MR) is 53.4 cm³/mol. The molecule has 12 heavy (non-hydrogen) atoms. The zero-order valence-electron chi connectivity index (χ0n) is 7.92. The van der Waals surface area contributed by atoms with Gasteiger partial charge in [0.1, 0.15) is 0 Å². The lowest BCUT2D eigenvalue weighted by Gasteiger charge is -2.39. The normalized spacial score (nSPS) is 47.0. The summed E-state index contributed by atoms with van der Waals surface area (Å²) in [5.41, 5.74) is -0.336. The molecular formula is C10H18OS. The van der Waals surface area contributed by atoms with Crippen LogP contribution in [0.25, 0.3) is 0 Å². The van der Waals surface area contributed by atoms with Crippen molar-refractivity contribution in [1.82, 2.24) is 0 Å². The number of rotatable bonds is 1. The first-order chi connectivity index (χ1) is 5.60. The van der Waals surface area contributed by atoms with Crippen molar-refractivity contribution >= 4 is 11.8 Å². The molecule has 0 saturated carbocycles. The summed E-state index contributed by atoms with van der Waals surface area (Å²) >= 11 is 2.11. The summed E-state index contributed by atoms with van der Waals surface area (Å²) in [5.74, 6) is 0.432. The van der Waals surface area contributed by atoms with Crippen LogP contribution in [-0.2, 0) is 0 Å². The Morgan fingerprint density at radius 3 is 2.17 bits per heavy atom. The summed E-state index contributed by atoms with van der Waals surface area (Å²) in [4.78, 5) is 0. The fourth-order valence-electron chi connectivity index (χ4n) is 2.42. The molecule has 0 amide bonds. The highest BCUT2D eigenvalue weighted by atomic mass is 32.2. The smallest absolute Gasteiger partial charge is 0.0691 e. The van der Waals surface area contributed by atoms with Crippen molar-refractivity contribution in [2.75, 3.05) is 0 Å². The quantitative estimate of drug-likeness (QED) is 0.678. The van der Waals surface area contributed by atoms with Crippen LogP contribution in [0.3, 0.4) is 0 Å². The molecule has 0 aromatic carbocycles. The monoisotopic (exact) mass is 186 g/mol. The first-order valence-electron chi connectivity index (χ1n) is 4.98.